The highest BCUT2D eigenvalue weighted by Gasteiger charge is 2.34. The minimum Gasteiger partial charge on any atom is -0.444 e. The molecule has 0 saturated carbocycles. The zero-order valence-electron chi connectivity index (χ0n) is 18.3. The Morgan fingerprint density at radius 3 is 2.50 bits per heavy atom. The topological polar surface area (TPSA) is 109 Å². The summed E-state index contributed by atoms with van der Waals surface area (Å²) < 4.78 is 26.4. The molecule has 0 aliphatic carbocycles. The summed E-state index contributed by atoms with van der Waals surface area (Å²) in [4.78, 5) is 40.2. The molecule has 10 nitrogen and oxygen atoms in total. The smallest absolute Gasteiger partial charge is 0.414 e. The zero-order valence-corrected chi connectivity index (χ0v) is 19.2. The summed E-state index contributed by atoms with van der Waals surface area (Å²) >= 11 is 3.93. The van der Waals surface area contributed by atoms with Crippen LogP contribution in [0.5, 0.6) is 0 Å². The Kier molecular flexibility index (Phi) is 6.91. The van der Waals surface area contributed by atoms with Crippen LogP contribution in [0, 0.1) is 5.82 Å². The van der Waals surface area contributed by atoms with Crippen molar-refractivity contribution in [3.05, 3.63) is 24.0 Å². The second kappa shape index (κ2) is 9.31. The first-order valence-corrected chi connectivity index (χ1v) is 10.6. The third-order valence-corrected chi connectivity index (χ3v) is 5.38. The normalized spacial score (nSPS) is 19.1. The number of nitrogens with zero attached hydrogens (tertiary/aromatic N) is 4. The van der Waals surface area contributed by atoms with Crippen LogP contribution < -0.4 is 15.5 Å². The van der Waals surface area contributed by atoms with Crippen molar-refractivity contribution in [2.24, 2.45) is 5.73 Å². The number of cyclic esters (lactones) is 1. The number of carbonyl (C=O) groups is 3. The van der Waals surface area contributed by atoms with E-state index in [1.165, 1.54) is 11.0 Å². The first kappa shape index (κ1) is 23.8. The molecule has 1 aromatic rings. The number of anilines is 2. The van der Waals surface area contributed by atoms with Crippen LogP contribution in [0.1, 0.15) is 20.8 Å². The average Bonchev–Trinajstić information content (AvgIpc) is 3.06. The lowest BCUT2D eigenvalue weighted by Crippen LogP contribution is -2.50. The summed E-state index contributed by atoms with van der Waals surface area (Å²) in [5.74, 6) is -0.488. The van der Waals surface area contributed by atoms with Gasteiger partial charge in [-0.2, -0.15) is 0 Å². The third-order valence-electron chi connectivity index (χ3n) is 5.02. The van der Waals surface area contributed by atoms with Gasteiger partial charge in [0.1, 0.15) is 17.5 Å². The van der Waals surface area contributed by atoms with Gasteiger partial charge in [-0.3, -0.25) is 9.21 Å². The van der Waals surface area contributed by atoms with E-state index in [-0.39, 0.29) is 19.2 Å². The van der Waals surface area contributed by atoms with E-state index in [1.54, 1.807) is 17.0 Å². The fourth-order valence-corrected chi connectivity index (χ4v) is 3.67. The van der Waals surface area contributed by atoms with Crippen LogP contribution in [0.2, 0.25) is 0 Å². The number of thiol groups is 1. The van der Waals surface area contributed by atoms with Crippen molar-refractivity contribution < 1.29 is 28.2 Å². The summed E-state index contributed by atoms with van der Waals surface area (Å²) in [6.07, 6.45) is -1.65. The Bertz CT molecular complexity index is 888. The Morgan fingerprint density at radius 1 is 1.28 bits per heavy atom. The molecule has 1 atom stereocenters. The summed E-state index contributed by atoms with van der Waals surface area (Å²) in [6.45, 7) is 7.31. The Morgan fingerprint density at radius 2 is 1.94 bits per heavy atom. The lowest BCUT2D eigenvalue weighted by Gasteiger charge is -2.37. The lowest BCUT2D eigenvalue weighted by atomic mass is 10.2. The molecule has 4 amide bonds. The van der Waals surface area contributed by atoms with Crippen LogP contribution >= 0.6 is 12.8 Å². The maximum absolute atomic E-state index is 14.9. The lowest BCUT2D eigenvalue weighted by molar-refractivity contribution is 0.0240. The molecule has 2 aliphatic heterocycles. The Hall–Kier alpha value is -2.89. The van der Waals surface area contributed by atoms with Gasteiger partial charge in [-0.05, 0) is 39.0 Å². The number of hydrogen-bond acceptors (Lipinski definition) is 7. The van der Waals surface area contributed by atoms with Gasteiger partial charge >= 0.3 is 18.2 Å². The monoisotopic (exact) mass is 469 g/mol. The van der Waals surface area contributed by atoms with Crippen LogP contribution in [0.25, 0.3) is 0 Å². The van der Waals surface area contributed by atoms with Crippen molar-refractivity contribution in [1.29, 1.82) is 0 Å². The van der Waals surface area contributed by atoms with E-state index in [0.29, 0.717) is 37.6 Å². The minimum atomic E-state index is -0.759. The second-order valence-corrected chi connectivity index (χ2v) is 9.11. The molecule has 32 heavy (non-hydrogen) atoms. The maximum atomic E-state index is 14.9. The summed E-state index contributed by atoms with van der Waals surface area (Å²) in [6, 6.07) is 3.74. The number of amides is 4. The number of halogens is 1. The number of urea groups is 1. The van der Waals surface area contributed by atoms with E-state index in [9.17, 15) is 18.8 Å². The molecule has 0 bridgehead atoms. The van der Waals surface area contributed by atoms with E-state index in [0.717, 1.165) is 4.31 Å². The fraction of sp³-hybridized carbons (Fsp3) is 0.550. The van der Waals surface area contributed by atoms with Crippen molar-refractivity contribution >= 4 is 42.4 Å². The van der Waals surface area contributed by atoms with Crippen molar-refractivity contribution in [2.45, 2.75) is 32.5 Å². The Balaban J connectivity index is 1.61. The SMILES string of the molecule is CC(C)(C)OC(=O)N1CCN(c2ccc(N3CC(CN(S)C(N)=O)OC3=O)cc2F)CC1. The van der Waals surface area contributed by atoms with Crippen LogP contribution in [-0.4, -0.2) is 78.4 Å². The van der Waals surface area contributed by atoms with Crippen LogP contribution in [-0.2, 0) is 9.47 Å². The van der Waals surface area contributed by atoms with Gasteiger partial charge in [0.05, 0.1) is 24.5 Å². The molecule has 1 unspecified atom stereocenters. The average molecular weight is 470 g/mol. The second-order valence-electron chi connectivity index (χ2n) is 8.63. The summed E-state index contributed by atoms with van der Waals surface area (Å²) in [7, 11) is 0. The van der Waals surface area contributed by atoms with E-state index in [2.05, 4.69) is 12.8 Å². The molecule has 3 rings (SSSR count). The fourth-order valence-electron chi connectivity index (χ4n) is 3.49. The van der Waals surface area contributed by atoms with Crippen LogP contribution in [0.3, 0.4) is 0 Å². The molecule has 2 saturated heterocycles. The van der Waals surface area contributed by atoms with Crippen molar-refractivity contribution in [1.82, 2.24) is 9.21 Å². The highest BCUT2D eigenvalue weighted by atomic mass is 32.1. The summed E-state index contributed by atoms with van der Waals surface area (Å²) in [5, 5.41) is 0. The van der Waals surface area contributed by atoms with Gasteiger partial charge in [0.25, 0.3) is 0 Å². The molecule has 176 valence electrons. The number of ether oxygens (including phenoxy) is 2. The number of benzene rings is 1. The highest BCUT2D eigenvalue weighted by Crippen LogP contribution is 2.29. The Labute approximate surface area is 191 Å². The predicted molar refractivity (Wildman–Crippen MR) is 119 cm³/mol. The quantitative estimate of drug-likeness (QED) is 0.656. The highest BCUT2D eigenvalue weighted by molar-refractivity contribution is 7.78. The molecule has 0 spiro atoms. The van der Waals surface area contributed by atoms with Gasteiger partial charge in [0.2, 0.25) is 0 Å². The molecule has 2 fully saturated rings. The van der Waals surface area contributed by atoms with Crippen molar-refractivity contribution in [3.8, 4) is 0 Å². The van der Waals surface area contributed by atoms with E-state index >= 15 is 0 Å². The number of hydrogen-bond donors (Lipinski definition) is 2. The van der Waals surface area contributed by atoms with Crippen molar-refractivity contribution in [3.63, 3.8) is 0 Å². The number of nitrogens with two attached hydrogens (primary N) is 1. The van der Waals surface area contributed by atoms with Gasteiger partial charge in [-0.1, -0.05) is 12.8 Å². The van der Waals surface area contributed by atoms with E-state index < -0.39 is 29.6 Å². The minimum absolute atomic E-state index is 0.0170. The standard InChI is InChI=1S/C20H28FN5O5S/c1-20(2,3)31-18(28)24-8-6-23(7-9-24)16-5-4-13(10-15(16)21)25-11-14(30-19(25)29)12-26(32)17(22)27/h4-5,10,14,32H,6-9,11-12H2,1-3H3,(H2,22,27). The van der Waals surface area contributed by atoms with E-state index in [4.69, 9.17) is 15.2 Å². The third kappa shape index (κ3) is 5.67. The molecule has 2 aliphatic rings. The van der Waals surface area contributed by atoms with Gasteiger partial charge in [-0.25, -0.2) is 18.8 Å². The molecular formula is C20H28FN5O5S. The number of piperazine rings is 1. The van der Waals surface area contributed by atoms with E-state index in [1.807, 2.05) is 25.7 Å². The number of primary amides is 1. The molecule has 12 heteroatoms. The zero-order chi connectivity index (χ0) is 23.6. The molecule has 0 radical (unpaired) electrons. The maximum Gasteiger partial charge on any atom is 0.414 e. The molecular weight excluding hydrogens is 441 g/mol. The van der Waals surface area contributed by atoms with Gasteiger partial charge in [0.15, 0.2) is 0 Å². The van der Waals surface area contributed by atoms with Crippen LogP contribution in [0.4, 0.5) is 30.1 Å². The van der Waals surface area contributed by atoms with Gasteiger partial charge < -0.3 is 25.0 Å². The molecule has 1 aromatic carbocycles. The first-order valence-electron chi connectivity index (χ1n) is 10.2. The predicted octanol–water partition coefficient (Wildman–Crippen LogP) is 2.43. The molecule has 2 heterocycles. The summed E-state index contributed by atoms with van der Waals surface area (Å²) in [5.41, 5.74) is 5.28. The van der Waals surface area contributed by atoms with Gasteiger partial charge in [0, 0.05) is 26.2 Å². The van der Waals surface area contributed by atoms with Crippen LogP contribution in [0.15, 0.2) is 18.2 Å². The van der Waals surface area contributed by atoms with Gasteiger partial charge in [-0.15, -0.1) is 0 Å². The number of carbonyl (C=O) groups excluding carboxylic acids is 3. The van der Waals surface area contributed by atoms with Crippen molar-refractivity contribution in [2.75, 3.05) is 49.1 Å². The molecule has 2 N–H and O–H groups in total. The molecule has 0 aromatic heterocycles. The first-order chi connectivity index (χ1) is 14.9. The number of rotatable bonds is 4. The largest absolute Gasteiger partial charge is 0.444 e.